The van der Waals surface area contributed by atoms with Crippen molar-refractivity contribution in [2.45, 2.75) is 37.0 Å². The molecule has 21 heavy (non-hydrogen) atoms. The van der Waals surface area contributed by atoms with E-state index in [4.69, 9.17) is 23.2 Å². The van der Waals surface area contributed by atoms with Gasteiger partial charge in [-0.2, -0.15) is 5.10 Å². The summed E-state index contributed by atoms with van der Waals surface area (Å²) < 4.78 is 1.40. The van der Waals surface area contributed by atoms with E-state index in [1.54, 1.807) is 6.20 Å². The molecule has 0 aliphatic carbocycles. The first-order valence-corrected chi connectivity index (χ1v) is 8.19. The Labute approximate surface area is 138 Å². The first kappa shape index (κ1) is 16.4. The Bertz CT molecular complexity index is 690. The van der Waals surface area contributed by atoms with Crippen LogP contribution in [0.3, 0.4) is 0 Å². The third-order valence-electron chi connectivity index (χ3n) is 2.83. The van der Waals surface area contributed by atoms with Gasteiger partial charge >= 0.3 is 0 Å². The Hall–Kier alpha value is -0.970. The largest absolute Gasteiger partial charge is 0.287 e. The van der Waals surface area contributed by atoms with Crippen molar-refractivity contribution in [1.29, 1.82) is 0 Å². The predicted octanol–water partition coefficient (Wildman–Crippen LogP) is 4.60. The van der Waals surface area contributed by atoms with Crippen LogP contribution in [-0.2, 0) is 11.3 Å². The summed E-state index contributed by atoms with van der Waals surface area (Å²) in [4.78, 5) is 12.9. The third kappa shape index (κ3) is 4.02. The van der Waals surface area contributed by atoms with Crippen LogP contribution in [0.25, 0.3) is 0 Å². The SMILES string of the molecule is CC(C)(C)n1ncc(SCc2ccc(Cl)cc2)c(Cl)c1=O. The van der Waals surface area contributed by atoms with Crippen LogP contribution >= 0.6 is 35.0 Å². The van der Waals surface area contributed by atoms with E-state index in [2.05, 4.69) is 5.10 Å². The van der Waals surface area contributed by atoms with E-state index in [0.29, 0.717) is 15.7 Å². The minimum Gasteiger partial charge on any atom is -0.266 e. The molecule has 0 aliphatic heterocycles. The maximum atomic E-state index is 12.2. The highest BCUT2D eigenvalue weighted by molar-refractivity contribution is 7.98. The van der Waals surface area contributed by atoms with Gasteiger partial charge in [0, 0.05) is 10.8 Å². The monoisotopic (exact) mass is 342 g/mol. The van der Waals surface area contributed by atoms with Crippen LogP contribution in [-0.4, -0.2) is 9.78 Å². The number of aromatic nitrogens is 2. The molecule has 0 unspecified atom stereocenters. The van der Waals surface area contributed by atoms with Gasteiger partial charge in [0.25, 0.3) is 5.56 Å². The van der Waals surface area contributed by atoms with Crippen molar-refractivity contribution in [2.24, 2.45) is 0 Å². The number of rotatable bonds is 3. The van der Waals surface area contributed by atoms with Gasteiger partial charge in [0.1, 0.15) is 5.02 Å². The fraction of sp³-hybridized carbons (Fsp3) is 0.333. The van der Waals surface area contributed by atoms with Crippen LogP contribution in [0.5, 0.6) is 0 Å². The Kier molecular flexibility index (Phi) is 5.02. The number of hydrogen-bond acceptors (Lipinski definition) is 3. The minimum atomic E-state index is -0.389. The maximum Gasteiger partial charge on any atom is 0.287 e. The molecule has 0 bridgehead atoms. The Morgan fingerprint density at radius 3 is 2.38 bits per heavy atom. The second-order valence-electron chi connectivity index (χ2n) is 5.63. The zero-order valence-corrected chi connectivity index (χ0v) is 14.4. The van der Waals surface area contributed by atoms with E-state index in [-0.39, 0.29) is 16.1 Å². The van der Waals surface area contributed by atoms with Gasteiger partial charge in [0.15, 0.2) is 0 Å². The lowest BCUT2D eigenvalue weighted by atomic mass is 10.1. The van der Waals surface area contributed by atoms with Crippen LogP contribution in [0.2, 0.25) is 10.0 Å². The average Bonchev–Trinajstić information content (AvgIpc) is 2.41. The lowest BCUT2D eigenvalue weighted by Crippen LogP contribution is -2.36. The molecule has 2 aromatic rings. The van der Waals surface area contributed by atoms with Gasteiger partial charge < -0.3 is 0 Å². The zero-order valence-electron chi connectivity index (χ0n) is 12.1. The van der Waals surface area contributed by atoms with Crippen LogP contribution in [0, 0.1) is 0 Å². The van der Waals surface area contributed by atoms with Gasteiger partial charge in [-0.15, -0.1) is 11.8 Å². The Morgan fingerprint density at radius 1 is 1.19 bits per heavy atom. The normalized spacial score (nSPS) is 11.7. The molecule has 0 aliphatic rings. The van der Waals surface area contributed by atoms with E-state index in [1.807, 2.05) is 45.0 Å². The number of nitrogens with zero attached hydrogens (tertiary/aromatic N) is 2. The second kappa shape index (κ2) is 6.42. The Balaban J connectivity index is 2.20. The molecule has 0 spiro atoms. The summed E-state index contributed by atoms with van der Waals surface area (Å²) >= 11 is 13.5. The van der Waals surface area contributed by atoms with Crippen molar-refractivity contribution in [2.75, 3.05) is 0 Å². The summed E-state index contributed by atoms with van der Waals surface area (Å²) in [5, 5.41) is 5.14. The highest BCUT2D eigenvalue weighted by Crippen LogP contribution is 2.27. The van der Waals surface area contributed by atoms with E-state index < -0.39 is 0 Å². The summed E-state index contributed by atoms with van der Waals surface area (Å²) in [5.41, 5.74) is 0.464. The first-order chi connectivity index (χ1) is 9.79. The maximum absolute atomic E-state index is 12.2. The minimum absolute atomic E-state index is 0.221. The van der Waals surface area contributed by atoms with Crippen molar-refractivity contribution >= 4 is 35.0 Å². The molecular weight excluding hydrogens is 327 g/mol. The zero-order chi connectivity index (χ0) is 15.6. The lowest BCUT2D eigenvalue weighted by molar-refractivity contribution is 0.336. The molecule has 112 valence electrons. The summed E-state index contributed by atoms with van der Waals surface area (Å²) in [5.74, 6) is 0.706. The highest BCUT2D eigenvalue weighted by atomic mass is 35.5. The molecule has 0 fully saturated rings. The highest BCUT2D eigenvalue weighted by Gasteiger charge is 2.19. The molecule has 1 aromatic carbocycles. The molecule has 6 heteroatoms. The fourth-order valence-electron chi connectivity index (χ4n) is 1.74. The molecule has 0 radical (unpaired) electrons. The average molecular weight is 343 g/mol. The van der Waals surface area contributed by atoms with E-state index >= 15 is 0 Å². The van der Waals surface area contributed by atoms with E-state index in [9.17, 15) is 4.79 Å². The van der Waals surface area contributed by atoms with Gasteiger partial charge in [-0.1, -0.05) is 35.3 Å². The van der Waals surface area contributed by atoms with Crippen molar-refractivity contribution in [3.8, 4) is 0 Å². The number of halogens is 2. The summed E-state index contributed by atoms with van der Waals surface area (Å²) in [6.45, 7) is 5.74. The van der Waals surface area contributed by atoms with Crippen molar-refractivity contribution < 1.29 is 0 Å². The molecule has 0 saturated carbocycles. The van der Waals surface area contributed by atoms with Gasteiger partial charge in [-0.3, -0.25) is 4.79 Å². The van der Waals surface area contributed by atoms with Gasteiger partial charge in [0.2, 0.25) is 0 Å². The smallest absolute Gasteiger partial charge is 0.266 e. The quantitative estimate of drug-likeness (QED) is 0.764. The molecule has 0 atom stereocenters. The molecular formula is C15H16Cl2N2OS. The summed E-state index contributed by atoms with van der Waals surface area (Å²) in [6.07, 6.45) is 1.65. The molecule has 3 nitrogen and oxygen atoms in total. The van der Waals surface area contributed by atoms with E-state index in [0.717, 1.165) is 5.56 Å². The number of benzene rings is 1. The summed E-state index contributed by atoms with van der Waals surface area (Å²) in [6, 6.07) is 7.59. The topological polar surface area (TPSA) is 34.9 Å². The predicted molar refractivity (Wildman–Crippen MR) is 89.5 cm³/mol. The van der Waals surface area contributed by atoms with E-state index in [1.165, 1.54) is 16.4 Å². The fourth-order valence-corrected chi connectivity index (χ4v) is 3.01. The molecule has 0 amide bonds. The summed E-state index contributed by atoms with van der Waals surface area (Å²) in [7, 11) is 0. The van der Waals surface area contributed by atoms with Crippen molar-refractivity contribution in [3.63, 3.8) is 0 Å². The van der Waals surface area contributed by atoms with Gasteiger partial charge in [-0.05, 0) is 38.5 Å². The van der Waals surface area contributed by atoms with Crippen LogP contribution in [0.15, 0.2) is 40.2 Å². The lowest BCUT2D eigenvalue weighted by Gasteiger charge is -2.21. The van der Waals surface area contributed by atoms with Crippen molar-refractivity contribution in [1.82, 2.24) is 9.78 Å². The first-order valence-electron chi connectivity index (χ1n) is 6.44. The molecule has 0 saturated heterocycles. The molecule has 0 N–H and O–H groups in total. The second-order valence-corrected chi connectivity index (χ2v) is 7.46. The standard InChI is InChI=1S/C15H16Cl2N2OS/c1-15(2,3)19-14(20)13(17)12(8-18-19)21-9-10-4-6-11(16)7-5-10/h4-8H,9H2,1-3H3. The molecule has 1 aromatic heterocycles. The van der Waals surface area contributed by atoms with Crippen LogP contribution in [0.4, 0.5) is 0 Å². The molecule has 1 heterocycles. The van der Waals surface area contributed by atoms with Crippen LogP contribution in [0.1, 0.15) is 26.3 Å². The number of thioether (sulfide) groups is 1. The van der Waals surface area contributed by atoms with Crippen molar-refractivity contribution in [3.05, 3.63) is 56.4 Å². The van der Waals surface area contributed by atoms with Crippen LogP contribution < -0.4 is 5.56 Å². The number of hydrogen-bond donors (Lipinski definition) is 0. The molecule has 2 rings (SSSR count). The van der Waals surface area contributed by atoms with Gasteiger partial charge in [0.05, 0.1) is 16.6 Å². The van der Waals surface area contributed by atoms with Gasteiger partial charge in [-0.25, -0.2) is 4.68 Å². The third-order valence-corrected chi connectivity index (χ3v) is 4.66. The Morgan fingerprint density at radius 2 is 1.81 bits per heavy atom.